The van der Waals surface area contributed by atoms with Crippen LogP contribution in [0.25, 0.3) is 0 Å². The number of aliphatic carboxylic acids is 1. The summed E-state index contributed by atoms with van der Waals surface area (Å²) in [6.45, 7) is 4.18. The van der Waals surface area contributed by atoms with Crippen molar-refractivity contribution in [2.24, 2.45) is 0 Å². The van der Waals surface area contributed by atoms with Crippen LogP contribution in [-0.4, -0.2) is 52.4 Å². The molecule has 0 aromatic heterocycles. The molecule has 218 valence electrons. The Labute approximate surface area is 247 Å². The van der Waals surface area contributed by atoms with E-state index in [4.69, 9.17) is 14.9 Å². The van der Waals surface area contributed by atoms with Crippen molar-refractivity contribution in [2.75, 3.05) is 26.2 Å². The van der Waals surface area contributed by atoms with Gasteiger partial charge in [-0.1, -0.05) is 78.9 Å². The van der Waals surface area contributed by atoms with Crippen molar-refractivity contribution >= 4 is 5.97 Å². The summed E-state index contributed by atoms with van der Waals surface area (Å²) in [5.41, 5.74) is 5.70. The molecular formula is C36H39NO5. The minimum Gasteiger partial charge on any atom is -0.508 e. The quantitative estimate of drug-likeness (QED) is 0.225. The maximum atomic E-state index is 10.2. The Morgan fingerprint density at radius 3 is 2.19 bits per heavy atom. The maximum absolute atomic E-state index is 10.2. The van der Waals surface area contributed by atoms with E-state index < -0.39 is 12.1 Å². The number of hydrogen-bond acceptors (Lipinski definition) is 5. The molecule has 6 rings (SSSR count). The van der Waals surface area contributed by atoms with E-state index in [0.29, 0.717) is 17.2 Å². The summed E-state index contributed by atoms with van der Waals surface area (Å²) in [6, 6.07) is 33.7. The smallest absolute Gasteiger partial charge is 0.337 e. The zero-order valence-corrected chi connectivity index (χ0v) is 23.8. The predicted molar refractivity (Wildman–Crippen MR) is 164 cm³/mol. The molecule has 0 bridgehead atoms. The molecule has 1 aliphatic carbocycles. The lowest BCUT2D eigenvalue weighted by atomic mass is 9.69. The van der Waals surface area contributed by atoms with Gasteiger partial charge in [-0.15, -0.1) is 0 Å². The number of carboxylic acid groups (broad SMARTS) is 1. The SMILES string of the molecule is O=C(O)[C@@H](O)c1ccccc1.Oc1ccc2c(c1)CC[C@H](c1ccccc1)[C@@H]2c1ccc(OCCN2CCCC2)cc1. The average Bonchev–Trinajstić information content (AvgIpc) is 3.55. The number of hydrogen-bond donors (Lipinski definition) is 3. The van der Waals surface area contributed by atoms with Gasteiger partial charge in [-0.3, -0.25) is 4.90 Å². The van der Waals surface area contributed by atoms with Crippen molar-refractivity contribution in [3.05, 3.63) is 131 Å². The minimum atomic E-state index is -1.41. The van der Waals surface area contributed by atoms with Crippen molar-refractivity contribution in [3.63, 3.8) is 0 Å². The fraction of sp³-hybridized carbons (Fsp3) is 0.306. The Hall–Kier alpha value is -4.13. The van der Waals surface area contributed by atoms with Gasteiger partial charge in [-0.25, -0.2) is 4.79 Å². The number of carbonyl (C=O) groups is 1. The lowest BCUT2D eigenvalue weighted by molar-refractivity contribution is -0.146. The summed E-state index contributed by atoms with van der Waals surface area (Å²) >= 11 is 0. The first-order valence-electron chi connectivity index (χ1n) is 14.8. The van der Waals surface area contributed by atoms with Gasteiger partial charge in [0.2, 0.25) is 0 Å². The van der Waals surface area contributed by atoms with Gasteiger partial charge in [0.25, 0.3) is 0 Å². The fourth-order valence-corrected chi connectivity index (χ4v) is 6.13. The van der Waals surface area contributed by atoms with E-state index >= 15 is 0 Å². The Bertz CT molecular complexity index is 1420. The van der Waals surface area contributed by atoms with Gasteiger partial charge in [-0.05, 0) is 96.8 Å². The lowest BCUT2D eigenvalue weighted by Crippen LogP contribution is -2.25. The van der Waals surface area contributed by atoms with Crippen LogP contribution in [-0.2, 0) is 11.2 Å². The number of rotatable bonds is 8. The highest BCUT2D eigenvalue weighted by molar-refractivity contribution is 5.73. The highest BCUT2D eigenvalue weighted by Crippen LogP contribution is 2.47. The van der Waals surface area contributed by atoms with Crippen LogP contribution in [0.4, 0.5) is 0 Å². The molecule has 6 nitrogen and oxygen atoms in total. The third-order valence-electron chi connectivity index (χ3n) is 8.28. The molecular weight excluding hydrogens is 526 g/mol. The normalized spacial score (nSPS) is 18.8. The van der Waals surface area contributed by atoms with Crippen LogP contribution in [0.5, 0.6) is 11.5 Å². The monoisotopic (exact) mass is 565 g/mol. The number of carboxylic acids is 1. The number of phenols is 1. The maximum Gasteiger partial charge on any atom is 0.337 e. The molecule has 1 saturated heterocycles. The topological polar surface area (TPSA) is 90.2 Å². The molecule has 1 fully saturated rings. The molecule has 2 aliphatic rings. The standard InChI is InChI=1S/C28H31NO2.C8H8O3/c30-24-11-15-27-23(20-24)10-14-26(21-6-2-1-3-7-21)28(27)22-8-12-25(13-9-22)31-19-18-29-16-4-5-17-29;9-7(8(10)11)6-4-2-1-3-5-6/h1-3,6-9,11-13,15,20,26,28,30H,4-5,10,14,16-19H2;1-5,7,9H,(H,10,11)/t26-,28+;7-/m10/s1. The van der Waals surface area contributed by atoms with Crippen molar-refractivity contribution < 1.29 is 24.9 Å². The summed E-state index contributed by atoms with van der Waals surface area (Å²) in [5.74, 6) is 0.792. The Morgan fingerprint density at radius 1 is 0.857 bits per heavy atom. The molecule has 4 aromatic carbocycles. The number of nitrogens with zero attached hydrogens (tertiary/aromatic N) is 1. The van der Waals surface area contributed by atoms with Crippen LogP contribution in [0.15, 0.2) is 103 Å². The first kappa shape index (κ1) is 29.4. The average molecular weight is 566 g/mol. The molecule has 3 atom stereocenters. The highest BCUT2D eigenvalue weighted by atomic mass is 16.5. The summed E-state index contributed by atoms with van der Waals surface area (Å²) < 4.78 is 6.03. The molecule has 42 heavy (non-hydrogen) atoms. The second-order valence-corrected chi connectivity index (χ2v) is 11.0. The van der Waals surface area contributed by atoms with Crippen LogP contribution in [0.1, 0.15) is 65.0 Å². The van der Waals surface area contributed by atoms with Gasteiger partial charge in [0.05, 0.1) is 0 Å². The second kappa shape index (κ2) is 14.2. The van der Waals surface area contributed by atoms with Crippen molar-refractivity contribution in [3.8, 4) is 11.5 Å². The molecule has 6 heteroatoms. The van der Waals surface area contributed by atoms with Crippen molar-refractivity contribution in [2.45, 2.75) is 43.6 Å². The van der Waals surface area contributed by atoms with Gasteiger partial charge in [0.1, 0.15) is 18.1 Å². The first-order chi connectivity index (χ1) is 20.5. The first-order valence-corrected chi connectivity index (χ1v) is 14.8. The van der Waals surface area contributed by atoms with Gasteiger partial charge in [0.15, 0.2) is 6.10 Å². The summed E-state index contributed by atoms with van der Waals surface area (Å²) in [6.07, 6.45) is 3.31. The van der Waals surface area contributed by atoms with E-state index in [2.05, 4.69) is 65.6 Å². The summed E-state index contributed by atoms with van der Waals surface area (Å²) in [7, 11) is 0. The number of aliphatic hydroxyl groups is 1. The van der Waals surface area contributed by atoms with Crippen LogP contribution >= 0.6 is 0 Å². The van der Waals surface area contributed by atoms with E-state index in [1.165, 1.54) is 48.2 Å². The Kier molecular flexibility index (Phi) is 9.90. The zero-order chi connectivity index (χ0) is 29.3. The highest BCUT2D eigenvalue weighted by Gasteiger charge is 2.32. The molecule has 4 aromatic rings. The second-order valence-electron chi connectivity index (χ2n) is 11.0. The Balaban J connectivity index is 0.000000271. The van der Waals surface area contributed by atoms with Crippen molar-refractivity contribution in [1.82, 2.24) is 4.90 Å². The van der Waals surface area contributed by atoms with Crippen LogP contribution in [0.2, 0.25) is 0 Å². The van der Waals surface area contributed by atoms with E-state index in [-0.39, 0.29) is 5.92 Å². The molecule has 0 radical (unpaired) electrons. The van der Waals surface area contributed by atoms with Gasteiger partial charge in [0, 0.05) is 12.5 Å². The third kappa shape index (κ3) is 7.38. The van der Waals surface area contributed by atoms with Gasteiger partial charge in [-0.2, -0.15) is 0 Å². The van der Waals surface area contributed by atoms with E-state index in [0.717, 1.165) is 31.7 Å². The minimum absolute atomic E-state index is 0.283. The molecule has 1 aliphatic heterocycles. The number of ether oxygens (including phenoxy) is 1. The molecule has 0 saturated carbocycles. The molecule has 0 spiro atoms. The van der Waals surface area contributed by atoms with E-state index in [1.807, 2.05) is 12.1 Å². The number of aromatic hydroxyl groups is 1. The summed E-state index contributed by atoms with van der Waals surface area (Å²) in [4.78, 5) is 12.7. The molecule has 1 heterocycles. The van der Waals surface area contributed by atoms with Gasteiger partial charge >= 0.3 is 5.97 Å². The number of fused-ring (bicyclic) bond motifs is 1. The van der Waals surface area contributed by atoms with Crippen LogP contribution in [0.3, 0.4) is 0 Å². The largest absolute Gasteiger partial charge is 0.508 e. The van der Waals surface area contributed by atoms with E-state index in [1.54, 1.807) is 30.3 Å². The molecule has 0 unspecified atom stereocenters. The van der Waals surface area contributed by atoms with Crippen molar-refractivity contribution in [1.29, 1.82) is 0 Å². The fourth-order valence-electron chi connectivity index (χ4n) is 6.13. The Morgan fingerprint density at radius 2 is 1.52 bits per heavy atom. The number of benzene rings is 4. The van der Waals surface area contributed by atoms with Gasteiger partial charge < -0.3 is 20.1 Å². The number of likely N-dealkylation sites (tertiary alicyclic amines) is 1. The molecule has 0 amide bonds. The number of phenolic OH excluding ortho intramolecular Hbond substituents is 1. The zero-order valence-electron chi connectivity index (χ0n) is 23.8. The number of aliphatic hydroxyl groups excluding tert-OH is 1. The predicted octanol–water partition coefficient (Wildman–Crippen LogP) is 6.53. The summed E-state index contributed by atoms with van der Waals surface area (Å²) in [5, 5.41) is 27.4. The van der Waals surface area contributed by atoms with E-state index in [9.17, 15) is 9.90 Å². The molecule has 3 N–H and O–H groups in total. The third-order valence-corrected chi connectivity index (χ3v) is 8.28. The lowest BCUT2D eigenvalue weighted by Gasteiger charge is -2.35. The van der Waals surface area contributed by atoms with Crippen LogP contribution in [0, 0.1) is 0 Å². The number of aryl methyl sites for hydroxylation is 1. The van der Waals surface area contributed by atoms with Crippen LogP contribution < -0.4 is 4.74 Å².